The number of rotatable bonds is 4. The molecule has 1 saturated heterocycles. The van der Waals surface area contributed by atoms with Crippen molar-refractivity contribution in [3.63, 3.8) is 0 Å². The molecule has 0 bridgehead atoms. The van der Waals surface area contributed by atoms with Gasteiger partial charge >= 0.3 is 5.97 Å². The summed E-state index contributed by atoms with van der Waals surface area (Å²) in [6.07, 6.45) is 12.7. The van der Waals surface area contributed by atoms with Gasteiger partial charge in [0.15, 0.2) is 0 Å². The standard InChI is InChI=1S/C29H44O3/c1-17(2)19(4)18(3)16-28(6)25-10-9-24-22-8-7-20-15-21(30)11-13-27(20,5)23(22)12-14-29(24,25)26(31)32-28/h7,10,17-19,21-24,30H,8-9,11-16H2,1-6H3/t18-,19-,21+,22-,23+,24+,27+,28-,29-/m1/s1. The smallest absolute Gasteiger partial charge is 0.317 e. The Balaban J connectivity index is 1.43. The van der Waals surface area contributed by atoms with Crippen molar-refractivity contribution in [2.75, 3.05) is 0 Å². The van der Waals surface area contributed by atoms with Gasteiger partial charge in [-0.1, -0.05) is 52.3 Å². The Hall–Kier alpha value is -1.09. The number of carbonyl (C=O) groups is 1. The highest BCUT2D eigenvalue weighted by molar-refractivity contribution is 5.87. The molecule has 0 unspecified atom stereocenters. The maximum atomic E-state index is 13.7. The van der Waals surface area contributed by atoms with Crippen molar-refractivity contribution in [2.24, 2.45) is 46.3 Å². The first-order chi connectivity index (χ1) is 15.0. The Morgan fingerprint density at radius 2 is 1.81 bits per heavy atom. The fourth-order valence-corrected chi connectivity index (χ4v) is 8.93. The Morgan fingerprint density at radius 1 is 1.06 bits per heavy atom. The van der Waals surface area contributed by atoms with Crippen molar-refractivity contribution in [3.8, 4) is 0 Å². The number of esters is 1. The van der Waals surface area contributed by atoms with Crippen molar-refractivity contribution in [1.29, 1.82) is 0 Å². The molecule has 3 heteroatoms. The van der Waals surface area contributed by atoms with Crippen LogP contribution in [-0.4, -0.2) is 22.8 Å². The number of ether oxygens (including phenoxy) is 1. The maximum Gasteiger partial charge on any atom is 0.317 e. The van der Waals surface area contributed by atoms with E-state index in [4.69, 9.17) is 4.74 Å². The first-order valence-corrected chi connectivity index (χ1v) is 13.3. The third-order valence-corrected chi connectivity index (χ3v) is 11.1. The summed E-state index contributed by atoms with van der Waals surface area (Å²) in [7, 11) is 0. The van der Waals surface area contributed by atoms with Gasteiger partial charge in [-0.2, -0.15) is 0 Å². The summed E-state index contributed by atoms with van der Waals surface area (Å²) in [5.74, 6) is 3.44. The van der Waals surface area contributed by atoms with Gasteiger partial charge in [-0.3, -0.25) is 4.79 Å². The van der Waals surface area contributed by atoms with Crippen LogP contribution in [0.4, 0.5) is 0 Å². The van der Waals surface area contributed by atoms with Gasteiger partial charge in [0, 0.05) is 0 Å². The quantitative estimate of drug-likeness (QED) is 0.403. The van der Waals surface area contributed by atoms with E-state index in [9.17, 15) is 9.90 Å². The average molecular weight is 441 g/mol. The summed E-state index contributed by atoms with van der Waals surface area (Å²) < 4.78 is 6.35. The summed E-state index contributed by atoms with van der Waals surface area (Å²) in [6, 6.07) is 0. The molecule has 0 aromatic rings. The number of hydrogen-bond acceptors (Lipinski definition) is 3. The third kappa shape index (κ3) is 2.98. The minimum atomic E-state index is -0.435. The van der Waals surface area contributed by atoms with Crippen LogP contribution in [0.25, 0.3) is 0 Å². The van der Waals surface area contributed by atoms with Gasteiger partial charge in [-0.15, -0.1) is 0 Å². The zero-order valence-corrected chi connectivity index (χ0v) is 21.1. The molecule has 1 aliphatic heterocycles. The Kier molecular flexibility index (Phi) is 5.29. The molecule has 9 atom stereocenters. The zero-order valence-electron chi connectivity index (χ0n) is 21.1. The van der Waals surface area contributed by atoms with E-state index in [1.807, 2.05) is 0 Å². The Labute approximate surface area is 195 Å². The summed E-state index contributed by atoms with van der Waals surface area (Å²) in [4.78, 5) is 13.7. The van der Waals surface area contributed by atoms with Gasteiger partial charge in [0.2, 0.25) is 0 Å². The summed E-state index contributed by atoms with van der Waals surface area (Å²) in [6.45, 7) is 13.9. The molecule has 1 heterocycles. The molecule has 5 aliphatic rings. The fourth-order valence-electron chi connectivity index (χ4n) is 8.93. The zero-order chi connectivity index (χ0) is 23.1. The summed E-state index contributed by atoms with van der Waals surface area (Å²) in [5, 5.41) is 10.3. The molecule has 32 heavy (non-hydrogen) atoms. The van der Waals surface area contributed by atoms with E-state index in [0.29, 0.717) is 35.5 Å². The third-order valence-electron chi connectivity index (χ3n) is 11.1. The molecule has 4 aliphatic carbocycles. The van der Waals surface area contributed by atoms with E-state index in [1.165, 1.54) is 11.1 Å². The predicted octanol–water partition coefficient (Wildman–Crippen LogP) is 6.46. The van der Waals surface area contributed by atoms with Crippen LogP contribution in [0.1, 0.15) is 92.9 Å². The lowest BCUT2D eigenvalue weighted by molar-refractivity contribution is -0.161. The number of aliphatic hydroxyl groups is 1. The van der Waals surface area contributed by atoms with Crippen molar-refractivity contribution >= 4 is 5.97 Å². The highest BCUT2D eigenvalue weighted by Crippen LogP contribution is 2.69. The van der Waals surface area contributed by atoms with E-state index in [2.05, 4.69) is 53.7 Å². The number of allylic oxidation sites excluding steroid dienone is 2. The van der Waals surface area contributed by atoms with E-state index < -0.39 is 5.60 Å². The lowest BCUT2D eigenvalue weighted by Crippen LogP contribution is -2.52. The first kappa shape index (κ1) is 22.7. The van der Waals surface area contributed by atoms with Gasteiger partial charge in [-0.25, -0.2) is 0 Å². The molecule has 0 amide bonds. The van der Waals surface area contributed by atoms with Crippen LogP contribution in [0, 0.1) is 46.3 Å². The molecule has 1 spiro atoms. The first-order valence-electron chi connectivity index (χ1n) is 13.3. The lowest BCUT2D eigenvalue weighted by atomic mass is 9.47. The minimum absolute atomic E-state index is 0.0793. The number of fused-ring (bicyclic) bond motifs is 4. The average Bonchev–Trinajstić information content (AvgIpc) is 3.23. The van der Waals surface area contributed by atoms with E-state index in [0.717, 1.165) is 51.4 Å². The van der Waals surface area contributed by atoms with Gasteiger partial charge in [0.1, 0.15) is 5.60 Å². The Morgan fingerprint density at radius 3 is 2.53 bits per heavy atom. The van der Waals surface area contributed by atoms with Gasteiger partial charge in [-0.05, 0) is 105 Å². The molecular weight excluding hydrogens is 396 g/mol. The second-order valence-electron chi connectivity index (χ2n) is 12.9. The second kappa shape index (κ2) is 7.45. The van der Waals surface area contributed by atoms with E-state index >= 15 is 0 Å². The second-order valence-corrected chi connectivity index (χ2v) is 12.9. The maximum absolute atomic E-state index is 13.7. The monoisotopic (exact) mass is 440 g/mol. The molecule has 1 N–H and O–H groups in total. The summed E-state index contributed by atoms with van der Waals surface area (Å²) in [5.41, 5.74) is 2.23. The van der Waals surface area contributed by atoms with E-state index in [-0.39, 0.29) is 22.9 Å². The number of cyclic esters (lactones) is 1. The van der Waals surface area contributed by atoms with Crippen molar-refractivity contribution in [2.45, 2.75) is 105 Å². The van der Waals surface area contributed by atoms with Crippen LogP contribution in [-0.2, 0) is 9.53 Å². The van der Waals surface area contributed by atoms with Crippen molar-refractivity contribution < 1.29 is 14.6 Å². The van der Waals surface area contributed by atoms with Gasteiger partial charge in [0.05, 0.1) is 11.5 Å². The topological polar surface area (TPSA) is 46.5 Å². The van der Waals surface area contributed by atoms with Crippen LogP contribution in [0.3, 0.4) is 0 Å². The van der Waals surface area contributed by atoms with Crippen LogP contribution in [0.5, 0.6) is 0 Å². The SMILES string of the molecule is CC(C)[C@@H](C)[C@H](C)C[C@@]1(C)OC(=O)[C@]23CC[C@H]4[C@@H](CC=C5C[C@@H](O)CC[C@@]54C)[C@@H]2CC=C31. The normalized spacial score (nSPS) is 46.9. The van der Waals surface area contributed by atoms with Crippen LogP contribution < -0.4 is 0 Å². The molecule has 3 nitrogen and oxygen atoms in total. The predicted molar refractivity (Wildman–Crippen MR) is 128 cm³/mol. The highest BCUT2D eigenvalue weighted by Gasteiger charge is 2.68. The van der Waals surface area contributed by atoms with E-state index in [1.54, 1.807) is 0 Å². The molecule has 3 fully saturated rings. The lowest BCUT2D eigenvalue weighted by Gasteiger charge is -2.56. The largest absolute Gasteiger partial charge is 0.454 e. The molecule has 178 valence electrons. The molecular formula is C29H44O3. The molecule has 2 saturated carbocycles. The molecule has 0 radical (unpaired) electrons. The number of hydrogen-bond donors (Lipinski definition) is 1. The van der Waals surface area contributed by atoms with Crippen molar-refractivity contribution in [1.82, 2.24) is 0 Å². The molecule has 0 aromatic carbocycles. The fraction of sp³-hybridized carbons (Fsp3) is 0.828. The van der Waals surface area contributed by atoms with Crippen LogP contribution in [0.15, 0.2) is 23.3 Å². The molecule has 5 rings (SSSR count). The summed E-state index contributed by atoms with van der Waals surface area (Å²) >= 11 is 0. The van der Waals surface area contributed by atoms with Gasteiger partial charge < -0.3 is 9.84 Å². The highest BCUT2D eigenvalue weighted by atomic mass is 16.6. The number of carbonyl (C=O) groups excluding carboxylic acids is 1. The van der Waals surface area contributed by atoms with Crippen LogP contribution in [0.2, 0.25) is 0 Å². The minimum Gasteiger partial charge on any atom is -0.454 e. The molecule has 0 aromatic heterocycles. The van der Waals surface area contributed by atoms with Gasteiger partial charge in [0.25, 0.3) is 0 Å². The number of aliphatic hydroxyl groups excluding tert-OH is 1. The van der Waals surface area contributed by atoms with Crippen molar-refractivity contribution in [3.05, 3.63) is 23.3 Å². The van der Waals surface area contributed by atoms with Crippen LogP contribution >= 0.6 is 0 Å². The Bertz CT molecular complexity index is 854.